The highest BCUT2D eigenvalue weighted by molar-refractivity contribution is 7.91. The molecule has 2 rings (SSSR count). The van der Waals surface area contributed by atoms with Crippen molar-refractivity contribution in [1.82, 2.24) is 10.0 Å². The first kappa shape index (κ1) is 15.9. The summed E-state index contributed by atoms with van der Waals surface area (Å²) in [7, 11) is -3.42. The number of rotatable bonds is 4. The number of hydrogen-bond acceptors (Lipinski definition) is 4. The lowest BCUT2D eigenvalue weighted by Gasteiger charge is -2.14. The second kappa shape index (κ2) is 6.88. The van der Waals surface area contributed by atoms with Crippen LogP contribution in [0.4, 0.5) is 0 Å². The zero-order chi connectivity index (χ0) is 12.3. The van der Waals surface area contributed by atoms with Crippen LogP contribution in [-0.2, 0) is 10.0 Å². The maximum absolute atomic E-state index is 11.9. The van der Waals surface area contributed by atoms with Gasteiger partial charge in [0.2, 0.25) is 10.0 Å². The zero-order valence-electron chi connectivity index (χ0n) is 9.48. The molecule has 2 N–H and O–H groups in total. The molecule has 0 unspecified atom stereocenters. The van der Waals surface area contributed by atoms with Gasteiger partial charge < -0.3 is 5.32 Å². The van der Waals surface area contributed by atoms with Gasteiger partial charge >= 0.3 is 0 Å². The average molecular weight is 329 g/mol. The molecule has 0 bridgehead atoms. The molecule has 2 heterocycles. The molecule has 0 fully saturated rings. The van der Waals surface area contributed by atoms with Crippen molar-refractivity contribution in [2.24, 2.45) is 0 Å². The standard InChI is InChI=1S/C10H13ClN2O2S2.ClH/c11-9-1-2-10(16-9)17(14,15)13-7-8-3-5-12-6-4-8;/h1-3,12-13H,4-7H2;1H. The van der Waals surface area contributed by atoms with Crippen LogP contribution in [0.2, 0.25) is 4.34 Å². The third kappa shape index (κ3) is 4.22. The van der Waals surface area contributed by atoms with Gasteiger partial charge in [0.25, 0.3) is 0 Å². The summed E-state index contributed by atoms with van der Waals surface area (Å²) in [5, 5.41) is 3.18. The van der Waals surface area contributed by atoms with Crippen molar-refractivity contribution < 1.29 is 8.42 Å². The van der Waals surface area contributed by atoms with E-state index in [1.165, 1.54) is 6.07 Å². The normalized spacial score (nSPS) is 15.9. The van der Waals surface area contributed by atoms with E-state index >= 15 is 0 Å². The molecule has 1 aromatic rings. The highest BCUT2D eigenvalue weighted by atomic mass is 35.5. The SMILES string of the molecule is Cl.O=S(=O)(NCC1=CCNCC1)c1ccc(Cl)s1. The van der Waals surface area contributed by atoms with E-state index < -0.39 is 10.0 Å². The monoisotopic (exact) mass is 328 g/mol. The van der Waals surface area contributed by atoms with Gasteiger partial charge in [-0.15, -0.1) is 23.7 Å². The molecule has 0 atom stereocenters. The minimum atomic E-state index is -3.42. The fraction of sp³-hybridized carbons (Fsp3) is 0.400. The van der Waals surface area contributed by atoms with Crippen LogP contribution in [0.1, 0.15) is 6.42 Å². The molecular weight excluding hydrogens is 315 g/mol. The Hall–Kier alpha value is -0.110. The van der Waals surface area contributed by atoms with Crippen molar-refractivity contribution >= 4 is 45.4 Å². The number of halogens is 2. The number of sulfonamides is 1. The van der Waals surface area contributed by atoms with Gasteiger partial charge in [0.15, 0.2) is 0 Å². The lowest BCUT2D eigenvalue weighted by molar-refractivity contribution is 0.584. The lowest BCUT2D eigenvalue weighted by Crippen LogP contribution is -2.29. The molecule has 1 aliphatic heterocycles. The first-order chi connectivity index (χ1) is 8.08. The average Bonchev–Trinajstić information content (AvgIpc) is 2.76. The highest BCUT2D eigenvalue weighted by Crippen LogP contribution is 2.25. The Kier molecular flexibility index (Phi) is 6.10. The molecule has 1 aromatic heterocycles. The van der Waals surface area contributed by atoms with E-state index in [0.717, 1.165) is 36.4 Å². The van der Waals surface area contributed by atoms with E-state index in [0.29, 0.717) is 10.9 Å². The Morgan fingerprint density at radius 3 is 2.78 bits per heavy atom. The first-order valence-corrected chi connectivity index (χ1v) is 7.89. The van der Waals surface area contributed by atoms with E-state index in [2.05, 4.69) is 10.0 Å². The molecular formula is C10H14Cl2N2O2S2. The summed E-state index contributed by atoms with van der Waals surface area (Å²) in [5.41, 5.74) is 1.12. The number of hydrogen-bond donors (Lipinski definition) is 2. The van der Waals surface area contributed by atoms with E-state index in [4.69, 9.17) is 11.6 Å². The fourth-order valence-corrected chi connectivity index (χ4v) is 4.09. The highest BCUT2D eigenvalue weighted by Gasteiger charge is 2.16. The quantitative estimate of drug-likeness (QED) is 0.831. The molecule has 0 spiro atoms. The van der Waals surface area contributed by atoms with Crippen molar-refractivity contribution in [3.8, 4) is 0 Å². The van der Waals surface area contributed by atoms with Crippen LogP contribution in [-0.4, -0.2) is 28.1 Å². The Bertz CT molecular complexity index is 526. The molecule has 4 nitrogen and oxygen atoms in total. The van der Waals surface area contributed by atoms with Crippen LogP contribution >= 0.6 is 35.3 Å². The van der Waals surface area contributed by atoms with Gasteiger partial charge in [0, 0.05) is 13.1 Å². The Balaban J connectivity index is 0.00000162. The summed E-state index contributed by atoms with van der Waals surface area (Å²) in [6.45, 7) is 2.08. The molecule has 0 radical (unpaired) electrons. The van der Waals surface area contributed by atoms with Gasteiger partial charge in [-0.3, -0.25) is 0 Å². The minimum absolute atomic E-state index is 0. The fourth-order valence-electron chi connectivity index (χ4n) is 1.53. The van der Waals surface area contributed by atoms with Crippen LogP contribution in [0.25, 0.3) is 0 Å². The maximum Gasteiger partial charge on any atom is 0.250 e. The van der Waals surface area contributed by atoms with Crippen LogP contribution in [0.15, 0.2) is 28.0 Å². The zero-order valence-corrected chi connectivity index (χ0v) is 12.7. The smallest absolute Gasteiger partial charge is 0.250 e. The first-order valence-electron chi connectivity index (χ1n) is 5.21. The molecule has 102 valence electrons. The van der Waals surface area contributed by atoms with E-state index in [1.54, 1.807) is 6.07 Å². The van der Waals surface area contributed by atoms with Gasteiger partial charge in [-0.25, -0.2) is 13.1 Å². The van der Waals surface area contributed by atoms with Crippen molar-refractivity contribution in [3.63, 3.8) is 0 Å². The topological polar surface area (TPSA) is 58.2 Å². The maximum atomic E-state index is 11.9. The molecule has 0 saturated heterocycles. The molecule has 1 aliphatic rings. The van der Waals surface area contributed by atoms with Crippen LogP contribution in [0, 0.1) is 0 Å². The molecule has 0 amide bonds. The van der Waals surface area contributed by atoms with Gasteiger partial charge in [-0.05, 0) is 25.1 Å². The third-order valence-electron chi connectivity index (χ3n) is 2.46. The van der Waals surface area contributed by atoms with Gasteiger partial charge in [0.05, 0.1) is 4.34 Å². The van der Waals surface area contributed by atoms with Crippen molar-refractivity contribution in [2.45, 2.75) is 10.6 Å². The Labute approximate surface area is 122 Å². The van der Waals surface area contributed by atoms with Gasteiger partial charge in [-0.1, -0.05) is 23.3 Å². The summed E-state index contributed by atoms with van der Waals surface area (Å²) < 4.78 is 27.1. The number of thiophene rings is 1. The van der Waals surface area contributed by atoms with Crippen molar-refractivity contribution in [2.75, 3.05) is 19.6 Å². The van der Waals surface area contributed by atoms with Gasteiger partial charge in [0.1, 0.15) is 4.21 Å². The summed E-state index contributed by atoms with van der Waals surface area (Å²) in [6, 6.07) is 3.11. The Morgan fingerprint density at radius 1 is 1.44 bits per heavy atom. The lowest BCUT2D eigenvalue weighted by atomic mass is 10.1. The van der Waals surface area contributed by atoms with Crippen LogP contribution in [0.3, 0.4) is 0 Å². The summed E-state index contributed by atoms with van der Waals surface area (Å²) in [4.78, 5) is 0. The molecule has 0 aliphatic carbocycles. The largest absolute Gasteiger partial charge is 0.313 e. The second-order valence-corrected chi connectivity index (χ2v) is 7.41. The van der Waals surface area contributed by atoms with E-state index in [-0.39, 0.29) is 16.6 Å². The molecule has 0 saturated carbocycles. The molecule has 18 heavy (non-hydrogen) atoms. The summed E-state index contributed by atoms with van der Waals surface area (Å²) >= 11 is 6.79. The third-order valence-corrected chi connectivity index (χ3v) is 5.58. The van der Waals surface area contributed by atoms with Crippen LogP contribution in [0.5, 0.6) is 0 Å². The van der Waals surface area contributed by atoms with Crippen molar-refractivity contribution in [1.29, 1.82) is 0 Å². The van der Waals surface area contributed by atoms with Gasteiger partial charge in [-0.2, -0.15) is 0 Å². The van der Waals surface area contributed by atoms with Crippen molar-refractivity contribution in [3.05, 3.63) is 28.1 Å². The van der Waals surface area contributed by atoms with Crippen LogP contribution < -0.4 is 10.0 Å². The Morgan fingerprint density at radius 2 is 2.22 bits per heavy atom. The minimum Gasteiger partial charge on any atom is -0.313 e. The van der Waals surface area contributed by atoms with E-state index in [1.807, 2.05) is 6.08 Å². The van der Waals surface area contributed by atoms with E-state index in [9.17, 15) is 8.42 Å². The number of nitrogens with one attached hydrogen (secondary N) is 2. The molecule has 8 heteroatoms. The summed E-state index contributed by atoms with van der Waals surface area (Å²) in [5.74, 6) is 0. The second-order valence-electron chi connectivity index (χ2n) is 3.70. The predicted molar refractivity (Wildman–Crippen MR) is 77.3 cm³/mol. The molecule has 0 aromatic carbocycles. The predicted octanol–water partition coefficient (Wildman–Crippen LogP) is 2.02. The summed E-state index contributed by atoms with van der Waals surface area (Å²) in [6.07, 6.45) is 2.90.